The smallest absolute Gasteiger partial charge is 0.265 e. The molecular formula is C13H7ClINOS2. The Hall–Kier alpha value is -0.630. The van der Waals surface area contributed by atoms with Gasteiger partial charge in [-0.1, -0.05) is 11.6 Å². The third-order valence-corrected chi connectivity index (χ3v) is 5.63. The van der Waals surface area contributed by atoms with Gasteiger partial charge in [0.1, 0.15) is 0 Å². The number of thiophene rings is 2. The van der Waals surface area contributed by atoms with Crippen LogP contribution in [0, 0.1) is 3.57 Å². The van der Waals surface area contributed by atoms with Crippen LogP contribution in [0.2, 0.25) is 5.02 Å². The first-order valence-electron chi connectivity index (χ1n) is 5.37. The summed E-state index contributed by atoms with van der Waals surface area (Å²) in [7, 11) is 0. The Morgan fingerprint density at radius 2 is 2.05 bits per heavy atom. The van der Waals surface area contributed by atoms with E-state index in [2.05, 4.69) is 27.9 Å². The fourth-order valence-corrected chi connectivity index (χ4v) is 4.31. The lowest BCUT2D eigenvalue weighted by atomic mass is 10.3. The predicted octanol–water partition coefficient (Wildman–Crippen LogP) is 5.47. The van der Waals surface area contributed by atoms with Crippen molar-refractivity contribution >= 4 is 77.9 Å². The van der Waals surface area contributed by atoms with Gasteiger partial charge in [0, 0.05) is 13.0 Å². The number of anilines is 1. The molecule has 2 nitrogen and oxygen atoms in total. The van der Waals surface area contributed by atoms with E-state index in [-0.39, 0.29) is 5.91 Å². The summed E-state index contributed by atoms with van der Waals surface area (Å²) in [6.45, 7) is 0. The molecule has 2 heterocycles. The van der Waals surface area contributed by atoms with Crippen molar-refractivity contribution in [2.45, 2.75) is 0 Å². The van der Waals surface area contributed by atoms with Gasteiger partial charge in [-0.05, 0) is 58.3 Å². The van der Waals surface area contributed by atoms with Crippen LogP contribution in [0.1, 0.15) is 9.67 Å². The Kier molecular flexibility index (Phi) is 3.79. The number of hydrogen-bond acceptors (Lipinski definition) is 3. The standard InChI is InChI=1S/C13H7ClINOS2/c14-8-2-1-7(15)5-9(8)16-13(17)12-6-11-10(19-12)3-4-18-11/h1-6H,(H,16,17). The van der Waals surface area contributed by atoms with Crippen LogP contribution >= 0.6 is 56.9 Å². The highest BCUT2D eigenvalue weighted by atomic mass is 127. The molecule has 19 heavy (non-hydrogen) atoms. The number of nitrogens with one attached hydrogen (secondary N) is 1. The van der Waals surface area contributed by atoms with E-state index in [1.165, 1.54) is 11.3 Å². The molecule has 0 spiro atoms. The van der Waals surface area contributed by atoms with E-state index in [1.807, 2.05) is 29.6 Å². The Bertz CT molecular complexity index is 736. The summed E-state index contributed by atoms with van der Waals surface area (Å²) < 4.78 is 3.32. The van der Waals surface area contributed by atoms with E-state index in [9.17, 15) is 4.79 Å². The minimum absolute atomic E-state index is 0.114. The topological polar surface area (TPSA) is 29.1 Å². The molecule has 0 radical (unpaired) electrons. The minimum Gasteiger partial charge on any atom is -0.320 e. The molecule has 2 aromatic heterocycles. The van der Waals surface area contributed by atoms with Crippen molar-refractivity contribution in [2.75, 3.05) is 5.32 Å². The third-order valence-electron chi connectivity index (χ3n) is 2.54. The van der Waals surface area contributed by atoms with Gasteiger partial charge in [0.15, 0.2) is 0 Å². The van der Waals surface area contributed by atoms with E-state index in [4.69, 9.17) is 11.6 Å². The van der Waals surface area contributed by atoms with Crippen LogP contribution in [0.3, 0.4) is 0 Å². The number of fused-ring (bicyclic) bond motifs is 1. The van der Waals surface area contributed by atoms with Crippen LogP contribution < -0.4 is 5.32 Å². The van der Waals surface area contributed by atoms with Gasteiger partial charge in [0.2, 0.25) is 0 Å². The van der Waals surface area contributed by atoms with Gasteiger partial charge in [-0.3, -0.25) is 4.79 Å². The summed E-state index contributed by atoms with van der Waals surface area (Å²) in [6.07, 6.45) is 0. The molecule has 3 aromatic rings. The third kappa shape index (κ3) is 2.79. The maximum atomic E-state index is 12.2. The molecule has 0 aliphatic carbocycles. The largest absolute Gasteiger partial charge is 0.320 e. The monoisotopic (exact) mass is 419 g/mol. The Labute approximate surface area is 136 Å². The zero-order valence-corrected chi connectivity index (χ0v) is 14.0. The van der Waals surface area contributed by atoms with Crippen molar-refractivity contribution in [2.24, 2.45) is 0 Å². The molecule has 1 amide bonds. The van der Waals surface area contributed by atoms with Crippen molar-refractivity contribution < 1.29 is 4.79 Å². The molecule has 0 saturated heterocycles. The average molecular weight is 420 g/mol. The van der Waals surface area contributed by atoms with Gasteiger partial charge in [-0.2, -0.15) is 0 Å². The molecule has 0 saturated carbocycles. The summed E-state index contributed by atoms with van der Waals surface area (Å²) >= 11 is 11.4. The van der Waals surface area contributed by atoms with Gasteiger partial charge in [0.05, 0.1) is 15.6 Å². The number of benzene rings is 1. The minimum atomic E-state index is -0.114. The van der Waals surface area contributed by atoms with Gasteiger partial charge < -0.3 is 5.32 Å². The fraction of sp³-hybridized carbons (Fsp3) is 0. The van der Waals surface area contributed by atoms with E-state index >= 15 is 0 Å². The molecule has 0 aliphatic heterocycles. The molecule has 0 fully saturated rings. The maximum absolute atomic E-state index is 12.2. The van der Waals surface area contributed by atoms with E-state index in [0.29, 0.717) is 15.6 Å². The highest BCUT2D eigenvalue weighted by Crippen LogP contribution is 2.31. The zero-order valence-electron chi connectivity index (χ0n) is 9.44. The Morgan fingerprint density at radius 3 is 2.84 bits per heavy atom. The number of rotatable bonds is 2. The second kappa shape index (κ2) is 5.40. The molecule has 3 rings (SSSR count). The summed E-state index contributed by atoms with van der Waals surface area (Å²) in [5, 5.41) is 5.43. The lowest BCUT2D eigenvalue weighted by Gasteiger charge is -2.06. The molecule has 1 N–H and O–H groups in total. The number of carbonyl (C=O) groups excluding carboxylic acids is 1. The van der Waals surface area contributed by atoms with E-state index < -0.39 is 0 Å². The first-order chi connectivity index (χ1) is 9.13. The molecule has 0 unspecified atom stereocenters. The fourth-order valence-electron chi connectivity index (χ4n) is 1.65. The zero-order chi connectivity index (χ0) is 13.4. The van der Waals surface area contributed by atoms with Crippen LogP contribution in [0.4, 0.5) is 5.69 Å². The SMILES string of the molecule is O=C(Nc1cc(I)ccc1Cl)c1cc2sccc2s1. The summed E-state index contributed by atoms with van der Waals surface area (Å²) in [5.41, 5.74) is 0.648. The number of halogens is 2. The van der Waals surface area contributed by atoms with Gasteiger partial charge in [0.25, 0.3) is 5.91 Å². The van der Waals surface area contributed by atoms with Crippen LogP contribution in [0.15, 0.2) is 35.7 Å². The normalized spacial score (nSPS) is 10.8. The van der Waals surface area contributed by atoms with Gasteiger partial charge in [-0.15, -0.1) is 22.7 Å². The molecular weight excluding hydrogens is 413 g/mol. The van der Waals surface area contributed by atoms with Gasteiger partial charge >= 0.3 is 0 Å². The average Bonchev–Trinajstić information content (AvgIpc) is 2.94. The van der Waals surface area contributed by atoms with Crippen LogP contribution in [-0.2, 0) is 0 Å². The van der Waals surface area contributed by atoms with Crippen molar-refractivity contribution in [1.82, 2.24) is 0 Å². The van der Waals surface area contributed by atoms with Crippen LogP contribution in [0.5, 0.6) is 0 Å². The molecule has 6 heteroatoms. The summed E-state index contributed by atoms with van der Waals surface area (Å²) in [6, 6.07) is 9.49. The van der Waals surface area contributed by atoms with Crippen LogP contribution in [0.25, 0.3) is 9.40 Å². The summed E-state index contributed by atoms with van der Waals surface area (Å²) in [5.74, 6) is -0.114. The highest BCUT2D eigenvalue weighted by molar-refractivity contribution is 14.1. The molecule has 0 aliphatic rings. The van der Waals surface area contributed by atoms with Gasteiger partial charge in [-0.25, -0.2) is 0 Å². The maximum Gasteiger partial charge on any atom is 0.265 e. The second-order valence-corrected chi connectivity index (χ2v) is 7.52. The second-order valence-electron chi connectivity index (χ2n) is 3.84. The highest BCUT2D eigenvalue weighted by Gasteiger charge is 2.12. The Balaban J connectivity index is 1.88. The van der Waals surface area contributed by atoms with Crippen molar-refractivity contribution in [3.63, 3.8) is 0 Å². The number of amides is 1. The molecule has 1 aromatic carbocycles. The quantitative estimate of drug-likeness (QED) is 0.548. The first kappa shape index (κ1) is 13.4. The summed E-state index contributed by atoms with van der Waals surface area (Å²) in [4.78, 5) is 12.9. The lowest BCUT2D eigenvalue weighted by molar-refractivity contribution is 0.103. The molecule has 0 atom stereocenters. The first-order valence-corrected chi connectivity index (χ1v) is 8.52. The van der Waals surface area contributed by atoms with Crippen molar-refractivity contribution in [1.29, 1.82) is 0 Å². The van der Waals surface area contributed by atoms with E-state index in [1.54, 1.807) is 17.4 Å². The van der Waals surface area contributed by atoms with E-state index in [0.717, 1.165) is 13.0 Å². The van der Waals surface area contributed by atoms with Crippen molar-refractivity contribution in [3.05, 3.63) is 49.2 Å². The Morgan fingerprint density at radius 1 is 1.21 bits per heavy atom. The lowest BCUT2D eigenvalue weighted by Crippen LogP contribution is -2.10. The number of hydrogen-bond donors (Lipinski definition) is 1. The molecule has 96 valence electrons. The molecule has 0 bridgehead atoms. The number of carbonyl (C=O) groups is 1. The predicted molar refractivity (Wildman–Crippen MR) is 91.8 cm³/mol. The van der Waals surface area contributed by atoms with Crippen LogP contribution in [-0.4, -0.2) is 5.91 Å². The van der Waals surface area contributed by atoms with Crippen molar-refractivity contribution in [3.8, 4) is 0 Å².